The van der Waals surface area contributed by atoms with Crippen LogP contribution in [0, 0.1) is 11.8 Å². The van der Waals surface area contributed by atoms with Gasteiger partial charge in [-0.05, 0) is 33.1 Å². The van der Waals surface area contributed by atoms with Crippen molar-refractivity contribution in [3.63, 3.8) is 0 Å². The van der Waals surface area contributed by atoms with Gasteiger partial charge in [0.25, 0.3) is 0 Å². The van der Waals surface area contributed by atoms with E-state index in [9.17, 15) is 22.6 Å². The zero-order chi connectivity index (χ0) is 15.3. The second-order valence-corrected chi connectivity index (χ2v) is 6.53. The SMILES string of the molecule is CCNC(=O)C1CCC(C(=O)NCC)C(S(=O)(=O)[O-])C1.[Na+]. The van der Waals surface area contributed by atoms with Crippen LogP contribution in [0.15, 0.2) is 0 Å². The molecule has 0 heterocycles. The molecule has 3 unspecified atom stereocenters. The van der Waals surface area contributed by atoms with Crippen LogP contribution in [0.3, 0.4) is 0 Å². The fourth-order valence-electron chi connectivity index (χ4n) is 2.61. The molecule has 1 fully saturated rings. The van der Waals surface area contributed by atoms with Crippen LogP contribution in [-0.4, -0.2) is 43.1 Å². The first-order valence-electron chi connectivity index (χ1n) is 6.81. The molecular formula is C12H21N2NaO5S. The number of rotatable bonds is 5. The van der Waals surface area contributed by atoms with Crippen LogP contribution in [0.25, 0.3) is 0 Å². The zero-order valence-corrected chi connectivity index (χ0v) is 15.5. The van der Waals surface area contributed by atoms with Crippen molar-refractivity contribution in [2.75, 3.05) is 13.1 Å². The summed E-state index contributed by atoms with van der Waals surface area (Å²) in [7, 11) is -4.61. The first-order chi connectivity index (χ1) is 9.31. The molecule has 3 atom stereocenters. The summed E-state index contributed by atoms with van der Waals surface area (Å²) in [5.74, 6) is -2.06. The fourth-order valence-corrected chi connectivity index (χ4v) is 3.74. The molecule has 1 rings (SSSR count). The summed E-state index contributed by atoms with van der Waals surface area (Å²) in [6, 6.07) is 0. The monoisotopic (exact) mass is 328 g/mol. The molecule has 9 heteroatoms. The van der Waals surface area contributed by atoms with Crippen molar-refractivity contribution in [3.05, 3.63) is 0 Å². The summed E-state index contributed by atoms with van der Waals surface area (Å²) in [4.78, 5) is 23.6. The summed E-state index contributed by atoms with van der Waals surface area (Å²) < 4.78 is 34.1. The van der Waals surface area contributed by atoms with E-state index >= 15 is 0 Å². The second-order valence-electron chi connectivity index (χ2n) is 4.94. The molecule has 0 bridgehead atoms. The molecule has 0 spiro atoms. The van der Waals surface area contributed by atoms with Gasteiger partial charge in [-0.3, -0.25) is 9.59 Å². The maximum absolute atomic E-state index is 11.8. The van der Waals surface area contributed by atoms with Gasteiger partial charge in [-0.25, -0.2) is 8.42 Å². The molecule has 1 aliphatic rings. The Hall–Kier alpha value is -0.150. The number of hydrogen-bond acceptors (Lipinski definition) is 5. The third-order valence-electron chi connectivity index (χ3n) is 3.57. The molecule has 7 nitrogen and oxygen atoms in total. The molecule has 0 aliphatic heterocycles. The predicted octanol–water partition coefficient (Wildman–Crippen LogP) is -3.41. The molecule has 21 heavy (non-hydrogen) atoms. The van der Waals surface area contributed by atoms with Crippen LogP contribution in [0.5, 0.6) is 0 Å². The fraction of sp³-hybridized carbons (Fsp3) is 0.833. The van der Waals surface area contributed by atoms with Crippen molar-refractivity contribution >= 4 is 21.9 Å². The second kappa shape index (κ2) is 9.09. The van der Waals surface area contributed by atoms with E-state index in [0.29, 0.717) is 19.5 Å². The molecule has 1 saturated carbocycles. The van der Waals surface area contributed by atoms with E-state index in [-0.39, 0.29) is 48.3 Å². The Morgan fingerprint density at radius 1 is 1.10 bits per heavy atom. The average molecular weight is 328 g/mol. The maximum Gasteiger partial charge on any atom is 1.00 e. The summed E-state index contributed by atoms with van der Waals surface area (Å²) in [6.45, 7) is 4.31. The van der Waals surface area contributed by atoms with Crippen LogP contribution in [0.2, 0.25) is 0 Å². The van der Waals surface area contributed by atoms with Crippen molar-refractivity contribution in [1.82, 2.24) is 10.6 Å². The van der Waals surface area contributed by atoms with E-state index in [1.54, 1.807) is 13.8 Å². The molecule has 2 amide bonds. The Kier molecular flexibility index (Phi) is 9.03. The molecule has 0 aromatic rings. The molecule has 2 N–H and O–H groups in total. The quantitative estimate of drug-likeness (QED) is 0.403. The number of nitrogens with one attached hydrogen (secondary N) is 2. The van der Waals surface area contributed by atoms with Gasteiger partial charge in [-0.15, -0.1) is 0 Å². The van der Waals surface area contributed by atoms with Crippen molar-refractivity contribution in [2.24, 2.45) is 11.8 Å². The summed E-state index contributed by atoms with van der Waals surface area (Å²) in [5, 5.41) is 3.84. The summed E-state index contributed by atoms with van der Waals surface area (Å²) in [5.41, 5.74) is 0. The van der Waals surface area contributed by atoms with Gasteiger partial charge in [0.2, 0.25) is 11.8 Å². The minimum absolute atomic E-state index is 0. The average Bonchev–Trinajstić information content (AvgIpc) is 2.37. The van der Waals surface area contributed by atoms with Crippen LogP contribution in [0.4, 0.5) is 0 Å². The van der Waals surface area contributed by atoms with E-state index < -0.39 is 33.1 Å². The van der Waals surface area contributed by atoms with Crippen molar-refractivity contribution < 1.29 is 52.1 Å². The van der Waals surface area contributed by atoms with Crippen molar-refractivity contribution in [2.45, 2.75) is 38.4 Å². The van der Waals surface area contributed by atoms with Crippen molar-refractivity contribution in [3.8, 4) is 0 Å². The number of carbonyl (C=O) groups excluding carboxylic acids is 2. The number of hydrogen-bond donors (Lipinski definition) is 2. The van der Waals surface area contributed by atoms with Gasteiger partial charge in [0.15, 0.2) is 0 Å². The van der Waals surface area contributed by atoms with E-state index in [1.165, 1.54) is 0 Å². The van der Waals surface area contributed by atoms with E-state index in [4.69, 9.17) is 0 Å². The Morgan fingerprint density at radius 2 is 1.62 bits per heavy atom. The van der Waals surface area contributed by atoms with Crippen LogP contribution >= 0.6 is 0 Å². The largest absolute Gasteiger partial charge is 1.00 e. The Balaban J connectivity index is 0.00000400. The maximum atomic E-state index is 11.8. The summed E-state index contributed by atoms with van der Waals surface area (Å²) >= 11 is 0. The van der Waals surface area contributed by atoms with E-state index in [1.807, 2.05) is 0 Å². The van der Waals surface area contributed by atoms with Gasteiger partial charge in [0, 0.05) is 19.0 Å². The van der Waals surface area contributed by atoms with Crippen LogP contribution in [0.1, 0.15) is 33.1 Å². The molecule has 0 aromatic heterocycles. The predicted molar refractivity (Wildman–Crippen MR) is 71.7 cm³/mol. The molecule has 116 valence electrons. The van der Waals surface area contributed by atoms with E-state index in [2.05, 4.69) is 10.6 Å². The van der Waals surface area contributed by atoms with Gasteiger partial charge < -0.3 is 15.2 Å². The first kappa shape index (κ1) is 20.9. The number of amides is 2. The van der Waals surface area contributed by atoms with E-state index in [0.717, 1.165) is 0 Å². The molecule has 0 radical (unpaired) electrons. The molecule has 0 saturated heterocycles. The van der Waals surface area contributed by atoms with Crippen LogP contribution < -0.4 is 40.2 Å². The van der Waals surface area contributed by atoms with Crippen LogP contribution in [-0.2, 0) is 19.7 Å². The molecule has 1 aliphatic carbocycles. The number of carbonyl (C=O) groups is 2. The van der Waals surface area contributed by atoms with Crippen molar-refractivity contribution in [1.29, 1.82) is 0 Å². The van der Waals surface area contributed by atoms with Gasteiger partial charge in [0.1, 0.15) is 0 Å². The first-order valence-corrected chi connectivity index (χ1v) is 8.28. The topological polar surface area (TPSA) is 115 Å². The zero-order valence-electron chi connectivity index (χ0n) is 12.7. The molecule has 0 aromatic carbocycles. The Bertz CT molecular complexity index is 468. The summed E-state index contributed by atoms with van der Waals surface area (Å²) in [6.07, 6.45) is 0.568. The Morgan fingerprint density at radius 3 is 2.10 bits per heavy atom. The smallest absolute Gasteiger partial charge is 0.748 e. The van der Waals surface area contributed by atoms with Gasteiger partial charge >= 0.3 is 29.6 Å². The minimum atomic E-state index is -4.61. The standard InChI is InChI=1S/C12H22N2O5S.Na/c1-3-13-11(15)8-5-6-9(12(16)14-4-2)10(7-8)20(17,18)19;/h8-10H,3-7H2,1-2H3,(H,13,15)(H,14,16)(H,17,18,19);/q;+1/p-1. The molecular weight excluding hydrogens is 307 g/mol. The van der Waals surface area contributed by atoms with Gasteiger partial charge in [-0.1, -0.05) is 0 Å². The Labute approximate surface area is 147 Å². The normalized spacial score (nSPS) is 25.6. The third-order valence-corrected chi connectivity index (χ3v) is 4.83. The van der Waals surface area contributed by atoms with Gasteiger partial charge in [0.05, 0.1) is 21.3 Å². The van der Waals surface area contributed by atoms with Gasteiger partial charge in [-0.2, -0.15) is 0 Å². The third kappa shape index (κ3) is 5.86. The minimum Gasteiger partial charge on any atom is -0.748 e.